The molecule has 0 fully saturated rings. The molecule has 0 aliphatic heterocycles. The van der Waals surface area contributed by atoms with Gasteiger partial charge < -0.3 is 10.1 Å². The Bertz CT molecular complexity index is 398. The van der Waals surface area contributed by atoms with E-state index in [0.717, 1.165) is 0 Å². The van der Waals surface area contributed by atoms with Crippen molar-refractivity contribution in [2.24, 2.45) is 0 Å². The fourth-order valence-corrected chi connectivity index (χ4v) is 1.80. The summed E-state index contributed by atoms with van der Waals surface area (Å²) in [4.78, 5) is 10.5. The Morgan fingerprint density at radius 1 is 1.59 bits per heavy atom. The fraction of sp³-hybridized carbons (Fsp3) is 0.455. The summed E-state index contributed by atoms with van der Waals surface area (Å²) in [5.41, 5.74) is 0.699. The second kappa shape index (κ2) is 6.54. The quantitative estimate of drug-likeness (QED) is 0.626. The normalized spacial score (nSPS) is 12.4. The maximum atomic E-state index is 10.9. The topological polar surface area (TPSA) is 64.4 Å². The van der Waals surface area contributed by atoms with E-state index in [0.29, 0.717) is 23.6 Å². The zero-order chi connectivity index (χ0) is 12.8. The smallest absolute Gasteiger partial charge is 0.272 e. The number of hydrogen-bond acceptors (Lipinski definition) is 4. The minimum atomic E-state index is -0.398. The van der Waals surface area contributed by atoms with Gasteiger partial charge in [-0.15, -0.1) is 0 Å². The first-order chi connectivity index (χ1) is 8.08. The SMILES string of the molecule is CNC(COC)Cc1cc(Cl)ccc1[N+](=O)[O-]. The number of nitrogens with zero attached hydrogens (tertiary/aromatic N) is 1. The van der Waals surface area contributed by atoms with Crippen LogP contribution in [-0.4, -0.2) is 31.7 Å². The molecule has 0 heterocycles. The average Bonchev–Trinajstić information content (AvgIpc) is 2.28. The van der Waals surface area contributed by atoms with Crippen LogP contribution in [0.3, 0.4) is 0 Å². The summed E-state index contributed by atoms with van der Waals surface area (Å²) in [5.74, 6) is 0. The molecule has 1 rings (SSSR count). The van der Waals surface area contributed by atoms with E-state index >= 15 is 0 Å². The molecular formula is C11H15ClN2O3. The van der Waals surface area contributed by atoms with Gasteiger partial charge in [0.2, 0.25) is 0 Å². The molecule has 0 aromatic heterocycles. The lowest BCUT2D eigenvalue weighted by Crippen LogP contribution is -2.32. The third kappa shape index (κ3) is 3.96. The van der Waals surface area contributed by atoms with Gasteiger partial charge in [0.05, 0.1) is 11.5 Å². The number of nitro benzene ring substituents is 1. The summed E-state index contributed by atoms with van der Waals surface area (Å²) in [7, 11) is 3.39. The predicted molar refractivity (Wildman–Crippen MR) is 66.5 cm³/mol. The molecule has 94 valence electrons. The molecule has 1 unspecified atom stereocenters. The van der Waals surface area contributed by atoms with Gasteiger partial charge in [-0.1, -0.05) is 11.6 Å². The summed E-state index contributed by atoms with van der Waals surface area (Å²) >= 11 is 5.85. The van der Waals surface area contributed by atoms with Crippen LogP contribution in [0.15, 0.2) is 18.2 Å². The molecule has 5 nitrogen and oxygen atoms in total. The third-order valence-electron chi connectivity index (χ3n) is 2.48. The summed E-state index contributed by atoms with van der Waals surface area (Å²) in [6, 6.07) is 4.60. The van der Waals surface area contributed by atoms with Crippen molar-refractivity contribution < 1.29 is 9.66 Å². The average molecular weight is 259 g/mol. The zero-order valence-corrected chi connectivity index (χ0v) is 10.5. The first-order valence-corrected chi connectivity index (χ1v) is 5.55. The highest BCUT2D eigenvalue weighted by molar-refractivity contribution is 6.30. The number of methoxy groups -OCH3 is 1. The van der Waals surface area contributed by atoms with Crippen molar-refractivity contribution >= 4 is 17.3 Å². The van der Waals surface area contributed by atoms with Crippen molar-refractivity contribution in [3.63, 3.8) is 0 Å². The number of rotatable bonds is 6. The molecule has 0 saturated carbocycles. The van der Waals surface area contributed by atoms with Crippen LogP contribution in [-0.2, 0) is 11.2 Å². The molecule has 0 saturated heterocycles. The Kier molecular flexibility index (Phi) is 5.34. The van der Waals surface area contributed by atoms with Crippen LogP contribution in [0.2, 0.25) is 5.02 Å². The van der Waals surface area contributed by atoms with E-state index in [9.17, 15) is 10.1 Å². The highest BCUT2D eigenvalue weighted by atomic mass is 35.5. The van der Waals surface area contributed by atoms with E-state index in [1.807, 2.05) is 0 Å². The lowest BCUT2D eigenvalue weighted by Gasteiger charge is -2.15. The van der Waals surface area contributed by atoms with Gasteiger partial charge in [0, 0.05) is 29.8 Å². The van der Waals surface area contributed by atoms with Crippen LogP contribution in [0.4, 0.5) is 5.69 Å². The summed E-state index contributed by atoms with van der Waals surface area (Å²) < 4.78 is 5.03. The van der Waals surface area contributed by atoms with Crippen LogP contribution in [0.1, 0.15) is 5.56 Å². The van der Waals surface area contributed by atoms with Gasteiger partial charge in [-0.05, 0) is 25.6 Å². The van der Waals surface area contributed by atoms with Gasteiger partial charge in [-0.2, -0.15) is 0 Å². The maximum Gasteiger partial charge on any atom is 0.272 e. The van der Waals surface area contributed by atoms with Gasteiger partial charge in [0.1, 0.15) is 0 Å². The molecule has 1 aromatic rings. The van der Waals surface area contributed by atoms with E-state index in [1.54, 1.807) is 20.2 Å². The standard InChI is InChI=1S/C11H15ClN2O3/c1-13-10(7-17-2)6-8-5-9(12)3-4-11(8)14(15)16/h3-5,10,13H,6-7H2,1-2H3. The molecule has 6 heteroatoms. The molecule has 0 radical (unpaired) electrons. The molecule has 0 aliphatic rings. The molecular weight excluding hydrogens is 244 g/mol. The summed E-state index contributed by atoms with van der Waals surface area (Å²) in [6.07, 6.45) is 0.501. The minimum absolute atomic E-state index is 0.0252. The molecule has 17 heavy (non-hydrogen) atoms. The lowest BCUT2D eigenvalue weighted by molar-refractivity contribution is -0.385. The third-order valence-corrected chi connectivity index (χ3v) is 2.72. The molecule has 0 spiro atoms. The number of ether oxygens (including phenoxy) is 1. The van der Waals surface area contributed by atoms with E-state index in [1.165, 1.54) is 12.1 Å². The summed E-state index contributed by atoms with van der Waals surface area (Å²) in [5, 5.41) is 14.4. The Labute approximate surface area is 105 Å². The number of halogens is 1. The second-order valence-corrected chi connectivity index (χ2v) is 4.11. The van der Waals surface area contributed by atoms with E-state index in [4.69, 9.17) is 16.3 Å². The van der Waals surface area contributed by atoms with Crippen molar-refractivity contribution in [1.82, 2.24) is 5.32 Å². The Morgan fingerprint density at radius 3 is 2.82 bits per heavy atom. The van der Waals surface area contributed by atoms with E-state index in [2.05, 4.69) is 5.32 Å². The van der Waals surface area contributed by atoms with Gasteiger partial charge >= 0.3 is 0 Å². The molecule has 1 aromatic carbocycles. The van der Waals surface area contributed by atoms with Crippen molar-refractivity contribution in [3.8, 4) is 0 Å². The summed E-state index contributed by atoms with van der Waals surface area (Å²) in [6.45, 7) is 0.486. The van der Waals surface area contributed by atoms with Gasteiger partial charge in [0.15, 0.2) is 0 Å². The molecule has 0 bridgehead atoms. The Morgan fingerprint density at radius 2 is 2.29 bits per heavy atom. The molecule has 1 N–H and O–H groups in total. The van der Waals surface area contributed by atoms with Crippen molar-refractivity contribution in [1.29, 1.82) is 0 Å². The fourth-order valence-electron chi connectivity index (χ4n) is 1.61. The van der Waals surface area contributed by atoms with Crippen LogP contribution < -0.4 is 5.32 Å². The minimum Gasteiger partial charge on any atom is -0.383 e. The number of likely N-dealkylation sites (N-methyl/N-ethyl adjacent to an activating group) is 1. The van der Waals surface area contributed by atoms with E-state index in [-0.39, 0.29) is 11.7 Å². The largest absolute Gasteiger partial charge is 0.383 e. The first-order valence-electron chi connectivity index (χ1n) is 5.17. The van der Waals surface area contributed by atoms with Gasteiger partial charge in [-0.3, -0.25) is 10.1 Å². The van der Waals surface area contributed by atoms with Crippen molar-refractivity contribution in [2.45, 2.75) is 12.5 Å². The van der Waals surface area contributed by atoms with Crippen molar-refractivity contribution in [3.05, 3.63) is 38.9 Å². The maximum absolute atomic E-state index is 10.9. The van der Waals surface area contributed by atoms with Crippen LogP contribution >= 0.6 is 11.6 Å². The van der Waals surface area contributed by atoms with Crippen molar-refractivity contribution in [2.75, 3.05) is 20.8 Å². The zero-order valence-electron chi connectivity index (χ0n) is 9.77. The predicted octanol–water partition coefficient (Wildman–Crippen LogP) is 2.03. The highest BCUT2D eigenvalue weighted by Gasteiger charge is 2.17. The highest BCUT2D eigenvalue weighted by Crippen LogP contribution is 2.23. The molecule has 0 aliphatic carbocycles. The van der Waals surface area contributed by atoms with Crippen LogP contribution in [0.5, 0.6) is 0 Å². The van der Waals surface area contributed by atoms with Gasteiger partial charge in [-0.25, -0.2) is 0 Å². The number of nitro groups is 1. The van der Waals surface area contributed by atoms with Crippen LogP contribution in [0.25, 0.3) is 0 Å². The van der Waals surface area contributed by atoms with E-state index < -0.39 is 4.92 Å². The number of hydrogen-bond donors (Lipinski definition) is 1. The monoisotopic (exact) mass is 258 g/mol. The van der Waals surface area contributed by atoms with Crippen LogP contribution in [0, 0.1) is 10.1 Å². The van der Waals surface area contributed by atoms with Gasteiger partial charge in [0.25, 0.3) is 5.69 Å². The molecule has 0 amide bonds. The number of nitrogens with one attached hydrogen (secondary N) is 1. The Balaban J connectivity index is 2.94. The lowest BCUT2D eigenvalue weighted by atomic mass is 10.0. The Hall–Kier alpha value is -1.17. The second-order valence-electron chi connectivity index (χ2n) is 3.68. The number of benzene rings is 1. The molecule has 1 atom stereocenters. The first kappa shape index (κ1) is 13.9.